The molecule has 120 valence electrons. The molecule has 2 aliphatic rings. The number of imide groups is 1. The summed E-state index contributed by atoms with van der Waals surface area (Å²) < 4.78 is 5.34. The molecule has 0 bridgehead atoms. The Hall–Kier alpha value is -2.60. The van der Waals surface area contributed by atoms with Gasteiger partial charge in [0.1, 0.15) is 5.70 Å². The largest absolute Gasteiger partial charge is 0.378 e. The molecule has 2 heterocycles. The minimum atomic E-state index is -0.411. The van der Waals surface area contributed by atoms with Crippen molar-refractivity contribution in [2.24, 2.45) is 0 Å². The van der Waals surface area contributed by atoms with Crippen LogP contribution in [0.5, 0.6) is 0 Å². The molecule has 0 spiro atoms. The molecule has 6 heteroatoms. The second-order valence-corrected chi connectivity index (χ2v) is 5.38. The van der Waals surface area contributed by atoms with Crippen molar-refractivity contribution < 1.29 is 14.3 Å². The molecule has 0 unspecified atom stereocenters. The van der Waals surface area contributed by atoms with E-state index in [1.165, 1.54) is 6.08 Å². The summed E-state index contributed by atoms with van der Waals surface area (Å²) in [6.45, 7) is 7.00. The predicted octanol–water partition coefficient (Wildman–Crippen LogP) is 1.60. The highest BCUT2D eigenvalue weighted by Gasteiger charge is 2.32. The minimum Gasteiger partial charge on any atom is -0.378 e. The van der Waals surface area contributed by atoms with Crippen molar-refractivity contribution in [2.75, 3.05) is 37.7 Å². The van der Waals surface area contributed by atoms with Crippen LogP contribution in [0.2, 0.25) is 0 Å². The number of nitrogens with zero attached hydrogens (tertiary/aromatic N) is 2. The van der Waals surface area contributed by atoms with Crippen LogP contribution in [0.25, 0.3) is 6.08 Å². The average Bonchev–Trinajstić information content (AvgIpc) is 2.84. The van der Waals surface area contributed by atoms with Crippen LogP contribution in [0.15, 0.2) is 42.6 Å². The Morgan fingerprint density at radius 1 is 1.17 bits per heavy atom. The van der Waals surface area contributed by atoms with E-state index >= 15 is 0 Å². The maximum absolute atomic E-state index is 12.1. The average molecular weight is 313 g/mol. The van der Waals surface area contributed by atoms with Crippen LogP contribution in [0.3, 0.4) is 0 Å². The highest BCUT2D eigenvalue weighted by atomic mass is 16.5. The summed E-state index contributed by atoms with van der Waals surface area (Å²) >= 11 is 0. The second-order valence-electron chi connectivity index (χ2n) is 5.38. The minimum absolute atomic E-state index is 0.206. The van der Waals surface area contributed by atoms with Gasteiger partial charge in [0.2, 0.25) is 0 Å². The number of nitrogens with one attached hydrogen (secondary N) is 1. The van der Waals surface area contributed by atoms with Crippen molar-refractivity contribution >= 4 is 23.7 Å². The molecule has 2 saturated heterocycles. The number of amides is 3. The number of carbonyl (C=O) groups is 2. The SMILES string of the molecule is C=CCN1C(=O)N/C(=C/c2ccc(N3CCOCC3)cc2)C1=O. The predicted molar refractivity (Wildman–Crippen MR) is 87.9 cm³/mol. The zero-order chi connectivity index (χ0) is 16.2. The van der Waals surface area contributed by atoms with Gasteiger partial charge < -0.3 is 15.0 Å². The number of carbonyl (C=O) groups excluding carboxylic acids is 2. The number of rotatable bonds is 4. The molecule has 0 aliphatic carbocycles. The van der Waals surface area contributed by atoms with Gasteiger partial charge in [0, 0.05) is 25.3 Å². The molecule has 1 aromatic carbocycles. The third-order valence-corrected chi connectivity index (χ3v) is 3.85. The van der Waals surface area contributed by atoms with Crippen LogP contribution < -0.4 is 10.2 Å². The van der Waals surface area contributed by atoms with Crippen molar-refractivity contribution in [2.45, 2.75) is 0 Å². The number of benzene rings is 1. The lowest BCUT2D eigenvalue weighted by atomic mass is 10.1. The summed E-state index contributed by atoms with van der Waals surface area (Å²) in [5.41, 5.74) is 2.28. The van der Waals surface area contributed by atoms with E-state index in [-0.39, 0.29) is 18.1 Å². The van der Waals surface area contributed by atoms with Gasteiger partial charge in [-0.3, -0.25) is 9.69 Å². The van der Waals surface area contributed by atoms with Crippen molar-refractivity contribution in [1.29, 1.82) is 0 Å². The molecule has 3 rings (SSSR count). The molecule has 6 nitrogen and oxygen atoms in total. The summed E-state index contributed by atoms with van der Waals surface area (Å²) in [4.78, 5) is 27.2. The van der Waals surface area contributed by atoms with E-state index in [0.29, 0.717) is 0 Å². The number of anilines is 1. The van der Waals surface area contributed by atoms with Crippen LogP contribution in [0.1, 0.15) is 5.56 Å². The Labute approximate surface area is 135 Å². The first-order valence-corrected chi connectivity index (χ1v) is 7.57. The second kappa shape index (κ2) is 6.66. The zero-order valence-electron chi connectivity index (χ0n) is 12.8. The molecule has 1 aromatic rings. The molecule has 0 saturated carbocycles. The summed E-state index contributed by atoms with van der Waals surface area (Å²) in [7, 11) is 0. The van der Waals surface area contributed by atoms with Gasteiger partial charge in [-0.15, -0.1) is 6.58 Å². The standard InChI is InChI=1S/C17H19N3O3/c1-2-7-20-16(21)15(18-17(20)22)12-13-3-5-14(6-4-13)19-8-10-23-11-9-19/h2-6,12H,1,7-11H2,(H,18,22)/b15-12+. The number of hydrogen-bond donors (Lipinski definition) is 1. The van der Waals surface area contributed by atoms with E-state index in [9.17, 15) is 9.59 Å². The van der Waals surface area contributed by atoms with Crippen molar-refractivity contribution in [3.8, 4) is 0 Å². The third kappa shape index (κ3) is 3.27. The number of urea groups is 1. The van der Waals surface area contributed by atoms with Crippen molar-refractivity contribution in [1.82, 2.24) is 10.2 Å². The lowest BCUT2D eigenvalue weighted by Crippen LogP contribution is -2.36. The molecule has 0 atom stereocenters. The molecule has 0 radical (unpaired) electrons. The fraction of sp³-hybridized carbons (Fsp3) is 0.294. The monoisotopic (exact) mass is 313 g/mol. The van der Waals surface area contributed by atoms with Crippen LogP contribution in [0, 0.1) is 0 Å². The maximum atomic E-state index is 12.1. The van der Waals surface area contributed by atoms with Gasteiger partial charge in [-0.2, -0.15) is 0 Å². The first-order chi connectivity index (χ1) is 11.2. The van der Waals surface area contributed by atoms with Gasteiger partial charge in [0.25, 0.3) is 5.91 Å². The molecular weight excluding hydrogens is 294 g/mol. The number of morpholine rings is 1. The highest BCUT2D eigenvalue weighted by molar-refractivity contribution is 6.14. The molecular formula is C17H19N3O3. The number of hydrogen-bond acceptors (Lipinski definition) is 4. The van der Waals surface area contributed by atoms with E-state index in [1.807, 2.05) is 24.3 Å². The summed E-state index contributed by atoms with van der Waals surface area (Å²) in [6.07, 6.45) is 3.21. The van der Waals surface area contributed by atoms with Crippen LogP contribution in [-0.4, -0.2) is 49.7 Å². The Morgan fingerprint density at radius 3 is 2.52 bits per heavy atom. The Morgan fingerprint density at radius 2 is 1.87 bits per heavy atom. The fourth-order valence-corrected chi connectivity index (χ4v) is 2.64. The zero-order valence-corrected chi connectivity index (χ0v) is 12.8. The summed E-state index contributed by atoms with van der Waals surface area (Å²) in [6, 6.07) is 7.49. The topological polar surface area (TPSA) is 61.9 Å². The molecule has 23 heavy (non-hydrogen) atoms. The molecule has 2 fully saturated rings. The molecule has 0 aromatic heterocycles. The van der Waals surface area contributed by atoms with Gasteiger partial charge >= 0.3 is 6.03 Å². The molecule has 2 aliphatic heterocycles. The van der Waals surface area contributed by atoms with E-state index < -0.39 is 6.03 Å². The van der Waals surface area contributed by atoms with E-state index in [0.717, 1.165) is 42.5 Å². The first kappa shape index (κ1) is 15.3. The summed E-state index contributed by atoms with van der Waals surface area (Å²) in [5, 5.41) is 2.59. The summed E-state index contributed by atoms with van der Waals surface area (Å²) in [5.74, 6) is -0.327. The van der Waals surface area contributed by atoms with E-state index in [2.05, 4.69) is 16.8 Å². The quantitative estimate of drug-likeness (QED) is 0.521. The van der Waals surface area contributed by atoms with Gasteiger partial charge in [0.05, 0.1) is 13.2 Å². The Kier molecular flexibility index (Phi) is 4.43. The fourth-order valence-electron chi connectivity index (χ4n) is 2.64. The van der Waals surface area contributed by atoms with E-state index in [4.69, 9.17) is 4.74 Å². The lowest BCUT2D eigenvalue weighted by Gasteiger charge is -2.28. The van der Waals surface area contributed by atoms with Crippen LogP contribution >= 0.6 is 0 Å². The Bertz CT molecular complexity index is 646. The normalized spacial score (nSPS) is 20.1. The highest BCUT2D eigenvalue weighted by Crippen LogP contribution is 2.19. The van der Waals surface area contributed by atoms with Crippen LogP contribution in [-0.2, 0) is 9.53 Å². The van der Waals surface area contributed by atoms with Crippen LogP contribution in [0.4, 0.5) is 10.5 Å². The Balaban J connectivity index is 1.73. The third-order valence-electron chi connectivity index (χ3n) is 3.85. The van der Waals surface area contributed by atoms with E-state index in [1.54, 1.807) is 6.08 Å². The van der Waals surface area contributed by atoms with Crippen molar-refractivity contribution in [3.63, 3.8) is 0 Å². The van der Waals surface area contributed by atoms with Gasteiger partial charge in [0.15, 0.2) is 0 Å². The van der Waals surface area contributed by atoms with Crippen molar-refractivity contribution in [3.05, 3.63) is 48.2 Å². The first-order valence-electron chi connectivity index (χ1n) is 7.57. The van der Waals surface area contributed by atoms with Gasteiger partial charge in [-0.25, -0.2) is 4.79 Å². The smallest absolute Gasteiger partial charge is 0.329 e. The van der Waals surface area contributed by atoms with Gasteiger partial charge in [-0.05, 0) is 23.8 Å². The van der Waals surface area contributed by atoms with Gasteiger partial charge in [-0.1, -0.05) is 18.2 Å². The molecule has 3 amide bonds. The molecule has 1 N–H and O–H groups in total. The number of ether oxygens (including phenoxy) is 1. The lowest BCUT2D eigenvalue weighted by molar-refractivity contribution is -0.122. The maximum Gasteiger partial charge on any atom is 0.329 e.